The molecular weight excluding hydrogens is 198 g/mol. The summed E-state index contributed by atoms with van der Waals surface area (Å²) in [6.07, 6.45) is 2.19. The molecule has 0 aromatic rings. The number of amides is 1. The summed E-state index contributed by atoms with van der Waals surface area (Å²) in [7, 11) is 0. The Labute approximate surface area is 87.7 Å². The second-order valence-electron chi connectivity index (χ2n) is 4.30. The Hall–Kier alpha value is -1.10. The van der Waals surface area contributed by atoms with Gasteiger partial charge < -0.3 is 15.1 Å². The molecule has 1 heterocycles. The van der Waals surface area contributed by atoms with Crippen LogP contribution in [0.4, 0.5) is 0 Å². The first-order valence-electron chi connectivity index (χ1n) is 5.29. The number of likely N-dealkylation sites (tertiary alicyclic amines) is 1. The standard InChI is InChI=1S/C10H15NO4/c12-5-6-2-1-3-11(6)9(13)7-4-8(7)10(14)15/h6-8,12H,1-5H2,(H,14,15)/t6-,7-,8+/m1/s1. The van der Waals surface area contributed by atoms with Gasteiger partial charge in [0.1, 0.15) is 0 Å². The number of nitrogens with zero attached hydrogens (tertiary/aromatic N) is 1. The number of carbonyl (C=O) groups is 2. The molecule has 1 saturated heterocycles. The zero-order chi connectivity index (χ0) is 11.0. The first-order valence-corrected chi connectivity index (χ1v) is 5.29. The molecule has 2 aliphatic rings. The minimum Gasteiger partial charge on any atom is -0.481 e. The minimum atomic E-state index is -0.881. The minimum absolute atomic E-state index is 0.0177. The van der Waals surface area contributed by atoms with E-state index >= 15 is 0 Å². The third-order valence-electron chi connectivity index (χ3n) is 3.30. The van der Waals surface area contributed by atoms with Crippen molar-refractivity contribution in [1.29, 1.82) is 0 Å². The number of carboxylic acids is 1. The molecule has 2 rings (SSSR count). The molecule has 1 saturated carbocycles. The first-order chi connectivity index (χ1) is 7.15. The highest BCUT2D eigenvalue weighted by Gasteiger charge is 2.51. The molecule has 0 spiro atoms. The fraction of sp³-hybridized carbons (Fsp3) is 0.800. The number of carbonyl (C=O) groups excluding carboxylic acids is 1. The van der Waals surface area contributed by atoms with Gasteiger partial charge in [-0.25, -0.2) is 0 Å². The average molecular weight is 213 g/mol. The molecule has 1 amide bonds. The van der Waals surface area contributed by atoms with Crippen molar-refractivity contribution in [3.05, 3.63) is 0 Å². The average Bonchev–Trinajstić information content (AvgIpc) is 2.88. The maximum Gasteiger partial charge on any atom is 0.307 e. The van der Waals surface area contributed by atoms with Crippen LogP contribution in [-0.4, -0.2) is 46.2 Å². The van der Waals surface area contributed by atoms with Crippen molar-refractivity contribution in [3.8, 4) is 0 Å². The maximum absolute atomic E-state index is 11.8. The number of rotatable bonds is 3. The lowest BCUT2D eigenvalue weighted by atomic mass is 10.2. The van der Waals surface area contributed by atoms with Gasteiger partial charge in [0.05, 0.1) is 24.5 Å². The summed E-state index contributed by atoms with van der Waals surface area (Å²) < 4.78 is 0. The lowest BCUT2D eigenvalue weighted by Crippen LogP contribution is -2.39. The number of carboxylic acid groups (broad SMARTS) is 1. The van der Waals surface area contributed by atoms with Crippen LogP contribution in [0.3, 0.4) is 0 Å². The van der Waals surface area contributed by atoms with E-state index in [2.05, 4.69) is 0 Å². The number of hydrogen-bond acceptors (Lipinski definition) is 3. The highest BCUT2D eigenvalue weighted by molar-refractivity contribution is 5.89. The summed E-state index contributed by atoms with van der Waals surface area (Å²) in [5, 5.41) is 17.8. The second kappa shape index (κ2) is 3.81. The van der Waals surface area contributed by atoms with Gasteiger partial charge in [-0.05, 0) is 19.3 Å². The SMILES string of the molecule is O=C(O)[C@H]1C[C@H]1C(=O)N1CCC[C@@H]1CO. The van der Waals surface area contributed by atoms with Crippen LogP contribution in [0.5, 0.6) is 0 Å². The summed E-state index contributed by atoms with van der Waals surface area (Å²) >= 11 is 0. The Morgan fingerprint density at radius 3 is 2.60 bits per heavy atom. The summed E-state index contributed by atoms with van der Waals surface area (Å²) in [6, 6.07) is -0.0902. The van der Waals surface area contributed by atoms with Crippen molar-refractivity contribution >= 4 is 11.9 Å². The fourth-order valence-electron chi connectivity index (χ4n) is 2.27. The monoisotopic (exact) mass is 213 g/mol. The quantitative estimate of drug-likeness (QED) is 0.674. The molecule has 0 bridgehead atoms. The van der Waals surface area contributed by atoms with Gasteiger partial charge in [0.25, 0.3) is 0 Å². The zero-order valence-electron chi connectivity index (χ0n) is 8.43. The number of hydrogen-bond donors (Lipinski definition) is 2. The van der Waals surface area contributed by atoms with Crippen LogP contribution in [0, 0.1) is 11.8 Å². The predicted molar refractivity (Wildman–Crippen MR) is 51.1 cm³/mol. The van der Waals surface area contributed by atoms with Gasteiger partial charge in [-0.15, -0.1) is 0 Å². The molecule has 15 heavy (non-hydrogen) atoms. The second-order valence-corrected chi connectivity index (χ2v) is 4.30. The summed E-state index contributed by atoms with van der Waals surface area (Å²) in [5.41, 5.74) is 0. The Kier molecular flexibility index (Phi) is 2.65. The molecule has 1 aliphatic heterocycles. The van der Waals surface area contributed by atoms with Gasteiger partial charge in [0.15, 0.2) is 0 Å². The molecular formula is C10H15NO4. The van der Waals surface area contributed by atoms with Crippen LogP contribution in [0.25, 0.3) is 0 Å². The van der Waals surface area contributed by atoms with Gasteiger partial charge in [-0.3, -0.25) is 9.59 Å². The van der Waals surface area contributed by atoms with Gasteiger partial charge in [-0.1, -0.05) is 0 Å². The molecule has 5 nitrogen and oxygen atoms in total. The lowest BCUT2D eigenvalue weighted by Gasteiger charge is -2.22. The third-order valence-corrected chi connectivity index (χ3v) is 3.30. The van der Waals surface area contributed by atoms with Gasteiger partial charge in [0.2, 0.25) is 5.91 Å². The lowest BCUT2D eigenvalue weighted by molar-refractivity contribution is -0.142. The molecule has 0 unspecified atom stereocenters. The molecule has 3 atom stereocenters. The molecule has 1 aliphatic carbocycles. The molecule has 2 N–H and O–H groups in total. The summed E-state index contributed by atoms with van der Waals surface area (Å²) in [4.78, 5) is 24.1. The van der Waals surface area contributed by atoms with E-state index in [4.69, 9.17) is 10.2 Å². The number of aliphatic hydroxyl groups is 1. The first kappa shape index (κ1) is 10.4. The molecule has 84 valence electrons. The largest absolute Gasteiger partial charge is 0.481 e. The summed E-state index contributed by atoms with van der Waals surface area (Å²) in [6.45, 7) is 0.642. The van der Waals surface area contributed by atoms with Crippen LogP contribution in [0.2, 0.25) is 0 Å². The highest BCUT2D eigenvalue weighted by atomic mass is 16.4. The van der Waals surface area contributed by atoms with Crippen molar-refractivity contribution in [2.24, 2.45) is 11.8 Å². The van der Waals surface area contributed by atoms with Gasteiger partial charge in [0, 0.05) is 6.54 Å². The van der Waals surface area contributed by atoms with Crippen molar-refractivity contribution in [2.75, 3.05) is 13.2 Å². The van der Waals surface area contributed by atoms with E-state index in [9.17, 15) is 9.59 Å². The van der Waals surface area contributed by atoms with Crippen molar-refractivity contribution in [1.82, 2.24) is 4.90 Å². The summed E-state index contributed by atoms with van der Waals surface area (Å²) in [5.74, 6) is -1.79. The van der Waals surface area contributed by atoms with Crippen LogP contribution < -0.4 is 0 Å². The van der Waals surface area contributed by atoms with E-state index in [-0.39, 0.29) is 24.5 Å². The van der Waals surface area contributed by atoms with E-state index in [1.54, 1.807) is 4.90 Å². The van der Waals surface area contributed by atoms with Crippen molar-refractivity contribution < 1.29 is 19.8 Å². The van der Waals surface area contributed by atoms with Crippen molar-refractivity contribution in [3.63, 3.8) is 0 Å². The number of aliphatic hydroxyl groups excluding tert-OH is 1. The molecule has 0 radical (unpaired) electrons. The Morgan fingerprint density at radius 1 is 1.33 bits per heavy atom. The van der Waals surface area contributed by atoms with E-state index in [1.807, 2.05) is 0 Å². The molecule has 5 heteroatoms. The van der Waals surface area contributed by atoms with Crippen molar-refractivity contribution in [2.45, 2.75) is 25.3 Å². The fourth-order valence-corrected chi connectivity index (χ4v) is 2.27. The zero-order valence-corrected chi connectivity index (χ0v) is 8.43. The third kappa shape index (κ3) is 1.84. The Balaban J connectivity index is 1.94. The number of aliphatic carboxylic acids is 1. The smallest absolute Gasteiger partial charge is 0.307 e. The molecule has 0 aromatic carbocycles. The van der Waals surface area contributed by atoms with E-state index in [1.165, 1.54) is 0 Å². The van der Waals surface area contributed by atoms with Crippen LogP contribution in [0.15, 0.2) is 0 Å². The Morgan fingerprint density at radius 2 is 2.07 bits per heavy atom. The van der Waals surface area contributed by atoms with E-state index in [0.29, 0.717) is 13.0 Å². The molecule has 2 fully saturated rings. The van der Waals surface area contributed by atoms with Crippen LogP contribution >= 0.6 is 0 Å². The van der Waals surface area contributed by atoms with Gasteiger partial charge in [-0.2, -0.15) is 0 Å². The van der Waals surface area contributed by atoms with Crippen LogP contribution in [0.1, 0.15) is 19.3 Å². The maximum atomic E-state index is 11.8. The van der Waals surface area contributed by atoms with Gasteiger partial charge >= 0.3 is 5.97 Å². The van der Waals surface area contributed by atoms with E-state index < -0.39 is 11.9 Å². The topological polar surface area (TPSA) is 77.8 Å². The predicted octanol–water partition coefficient (Wildman–Crippen LogP) is -0.310. The van der Waals surface area contributed by atoms with E-state index in [0.717, 1.165) is 12.8 Å². The highest BCUT2D eigenvalue weighted by Crippen LogP contribution is 2.41. The molecule has 0 aromatic heterocycles. The Bertz CT molecular complexity index is 291. The normalized spacial score (nSPS) is 34.2. The van der Waals surface area contributed by atoms with Crippen LogP contribution in [-0.2, 0) is 9.59 Å².